The number of anilines is 1. The maximum absolute atomic E-state index is 13.4. The van der Waals surface area contributed by atoms with Crippen molar-refractivity contribution in [2.45, 2.75) is 12.8 Å². The third-order valence-electron chi connectivity index (χ3n) is 3.58. The van der Waals surface area contributed by atoms with E-state index in [0.29, 0.717) is 12.8 Å². The van der Waals surface area contributed by atoms with E-state index < -0.39 is 35.0 Å². The highest BCUT2D eigenvalue weighted by Gasteiger charge is 2.29. The maximum atomic E-state index is 13.4. The zero-order valence-corrected chi connectivity index (χ0v) is 11.6. The number of amides is 3. The smallest absolute Gasteiger partial charge is 0.314 e. The second-order valence-corrected chi connectivity index (χ2v) is 5.02. The van der Waals surface area contributed by atoms with E-state index in [2.05, 4.69) is 0 Å². The van der Waals surface area contributed by atoms with Gasteiger partial charge in [0.1, 0.15) is 17.3 Å². The summed E-state index contributed by atoms with van der Waals surface area (Å²) in [5, 5.41) is 1.94. The molecular formula is C14H15F2N3O3. The molecule has 22 heavy (non-hydrogen) atoms. The Labute approximate surface area is 125 Å². The fourth-order valence-corrected chi connectivity index (χ4v) is 2.29. The first kappa shape index (κ1) is 15.9. The van der Waals surface area contributed by atoms with Gasteiger partial charge in [-0.15, -0.1) is 0 Å². The molecule has 3 N–H and O–H groups in total. The molecule has 2 rings (SSSR count). The van der Waals surface area contributed by atoms with Gasteiger partial charge in [0.2, 0.25) is 5.91 Å². The number of nitrogens with two attached hydrogens (primary N) is 1. The predicted octanol–water partition coefficient (Wildman–Crippen LogP) is 0.627. The lowest BCUT2D eigenvalue weighted by molar-refractivity contribution is -0.144. The number of carbonyl (C=O) groups is 3. The van der Waals surface area contributed by atoms with E-state index >= 15 is 0 Å². The van der Waals surface area contributed by atoms with Gasteiger partial charge in [0.25, 0.3) is 0 Å². The van der Waals surface area contributed by atoms with Gasteiger partial charge in [-0.3, -0.25) is 14.4 Å². The summed E-state index contributed by atoms with van der Waals surface area (Å²) in [4.78, 5) is 36.0. The summed E-state index contributed by atoms with van der Waals surface area (Å²) in [5.74, 6) is -4.71. The lowest BCUT2D eigenvalue weighted by Gasteiger charge is -2.29. The van der Waals surface area contributed by atoms with Crippen LogP contribution >= 0.6 is 0 Å². The topological polar surface area (TPSA) is 92.5 Å². The Kier molecular flexibility index (Phi) is 4.69. The lowest BCUT2D eigenvalue weighted by atomic mass is 9.96. The number of carbonyl (C=O) groups excluding carboxylic acids is 3. The lowest BCUT2D eigenvalue weighted by Crippen LogP contribution is -2.46. The van der Waals surface area contributed by atoms with Crippen molar-refractivity contribution >= 4 is 23.4 Å². The van der Waals surface area contributed by atoms with E-state index in [1.54, 1.807) is 0 Å². The Bertz CT molecular complexity index is 593. The number of nitrogens with one attached hydrogen (secondary N) is 1. The largest absolute Gasteiger partial charge is 0.369 e. The first-order chi connectivity index (χ1) is 10.4. The van der Waals surface area contributed by atoms with E-state index in [1.807, 2.05) is 5.32 Å². The molecular weight excluding hydrogens is 296 g/mol. The van der Waals surface area contributed by atoms with Crippen LogP contribution in [0, 0.1) is 17.6 Å². The summed E-state index contributed by atoms with van der Waals surface area (Å²) in [7, 11) is 0. The monoisotopic (exact) mass is 311 g/mol. The number of primary amides is 1. The molecule has 6 nitrogen and oxygen atoms in total. The Morgan fingerprint density at radius 1 is 1.14 bits per heavy atom. The zero-order valence-electron chi connectivity index (χ0n) is 11.6. The molecule has 1 heterocycles. The molecule has 1 saturated heterocycles. The molecule has 0 atom stereocenters. The standard InChI is InChI=1S/C14H15F2N3O3/c15-9-2-1-3-10(16)11(9)18-13(21)14(22)19-6-4-8(5-7-19)12(17)20/h1-3,8H,4-7H2,(H2,17,20)(H,18,21). The van der Waals surface area contributed by atoms with Crippen LogP contribution in [0.3, 0.4) is 0 Å². The molecule has 0 unspecified atom stereocenters. The molecule has 1 aromatic rings. The molecule has 0 spiro atoms. The van der Waals surface area contributed by atoms with Crippen molar-refractivity contribution in [3.63, 3.8) is 0 Å². The first-order valence-corrected chi connectivity index (χ1v) is 6.73. The van der Waals surface area contributed by atoms with Crippen molar-refractivity contribution in [1.29, 1.82) is 0 Å². The maximum Gasteiger partial charge on any atom is 0.314 e. The number of benzene rings is 1. The van der Waals surface area contributed by atoms with Crippen LogP contribution in [-0.2, 0) is 14.4 Å². The number of para-hydroxylation sites is 1. The number of hydrogen-bond acceptors (Lipinski definition) is 3. The molecule has 0 aliphatic carbocycles. The molecule has 0 bridgehead atoms. The van der Waals surface area contributed by atoms with Gasteiger partial charge in [0, 0.05) is 19.0 Å². The first-order valence-electron chi connectivity index (χ1n) is 6.73. The molecule has 118 valence electrons. The van der Waals surface area contributed by atoms with Crippen molar-refractivity contribution in [2.75, 3.05) is 18.4 Å². The van der Waals surface area contributed by atoms with Gasteiger partial charge in [-0.05, 0) is 25.0 Å². The molecule has 8 heteroatoms. The number of rotatable bonds is 2. The van der Waals surface area contributed by atoms with Crippen molar-refractivity contribution in [1.82, 2.24) is 4.90 Å². The predicted molar refractivity (Wildman–Crippen MR) is 73.5 cm³/mol. The minimum atomic E-state index is -1.12. The highest BCUT2D eigenvalue weighted by Crippen LogP contribution is 2.19. The van der Waals surface area contributed by atoms with Crippen LogP contribution in [0.2, 0.25) is 0 Å². The third kappa shape index (κ3) is 3.38. The second kappa shape index (κ2) is 6.50. The fourth-order valence-electron chi connectivity index (χ4n) is 2.29. The Hall–Kier alpha value is -2.51. The molecule has 1 aromatic carbocycles. The van der Waals surface area contributed by atoms with Crippen LogP contribution in [-0.4, -0.2) is 35.7 Å². The number of nitrogens with zero attached hydrogens (tertiary/aromatic N) is 1. The zero-order chi connectivity index (χ0) is 16.3. The Balaban J connectivity index is 1.99. The summed E-state index contributed by atoms with van der Waals surface area (Å²) < 4.78 is 26.9. The quantitative estimate of drug-likeness (QED) is 0.785. The molecule has 1 fully saturated rings. The van der Waals surface area contributed by atoms with Gasteiger partial charge in [0.15, 0.2) is 0 Å². The average molecular weight is 311 g/mol. The van der Waals surface area contributed by atoms with E-state index in [0.717, 1.165) is 18.2 Å². The van der Waals surface area contributed by atoms with Gasteiger partial charge >= 0.3 is 11.8 Å². The van der Waals surface area contributed by atoms with Gasteiger partial charge in [0.05, 0.1) is 0 Å². The summed E-state index contributed by atoms with van der Waals surface area (Å²) in [5.41, 5.74) is 4.52. The molecule has 1 aliphatic heterocycles. The summed E-state index contributed by atoms with van der Waals surface area (Å²) in [6.45, 7) is 0.388. The van der Waals surface area contributed by atoms with E-state index in [-0.39, 0.29) is 19.0 Å². The summed E-state index contributed by atoms with van der Waals surface area (Å²) >= 11 is 0. The molecule has 1 aliphatic rings. The van der Waals surface area contributed by atoms with Gasteiger partial charge in [-0.2, -0.15) is 0 Å². The SMILES string of the molecule is NC(=O)C1CCN(C(=O)C(=O)Nc2c(F)cccc2F)CC1. The average Bonchev–Trinajstić information content (AvgIpc) is 2.50. The van der Waals surface area contributed by atoms with E-state index in [9.17, 15) is 23.2 Å². The summed E-state index contributed by atoms with van der Waals surface area (Å²) in [6.07, 6.45) is 0.727. The minimum Gasteiger partial charge on any atom is -0.369 e. The van der Waals surface area contributed by atoms with Crippen LogP contribution in [0.4, 0.5) is 14.5 Å². The van der Waals surface area contributed by atoms with Crippen molar-refractivity contribution < 1.29 is 23.2 Å². The normalized spacial score (nSPS) is 15.5. The molecule has 0 aromatic heterocycles. The van der Waals surface area contributed by atoms with Crippen LogP contribution in [0.25, 0.3) is 0 Å². The van der Waals surface area contributed by atoms with Crippen LogP contribution < -0.4 is 11.1 Å². The van der Waals surface area contributed by atoms with Crippen LogP contribution in [0.15, 0.2) is 18.2 Å². The molecule has 0 saturated carbocycles. The highest BCUT2D eigenvalue weighted by atomic mass is 19.1. The van der Waals surface area contributed by atoms with E-state index in [4.69, 9.17) is 5.73 Å². The van der Waals surface area contributed by atoms with Crippen LogP contribution in [0.5, 0.6) is 0 Å². The number of halogens is 2. The number of piperidine rings is 1. The Morgan fingerprint density at radius 3 is 2.18 bits per heavy atom. The van der Waals surface area contributed by atoms with Crippen molar-refractivity contribution in [3.05, 3.63) is 29.8 Å². The van der Waals surface area contributed by atoms with Gasteiger partial charge < -0.3 is 16.0 Å². The molecule has 3 amide bonds. The van der Waals surface area contributed by atoms with Crippen LogP contribution in [0.1, 0.15) is 12.8 Å². The molecule has 0 radical (unpaired) electrons. The van der Waals surface area contributed by atoms with Crippen molar-refractivity contribution in [3.8, 4) is 0 Å². The minimum absolute atomic E-state index is 0.194. The highest BCUT2D eigenvalue weighted by molar-refractivity contribution is 6.39. The fraction of sp³-hybridized carbons (Fsp3) is 0.357. The number of likely N-dealkylation sites (tertiary alicyclic amines) is 1. The summed E-state index contributed by atoms with van der Waals surface area (Å²) in [6, 6.07) is 3.10. The second-order valence-electron chi connectivity index (χ2n) is 5.02. The number of hydrogen-bond donors (Lipinski definition) is 2. The van der Waals surface area contributed by atoms with E-state index in [1.165, 1.54) is 4.90 Å². The third-order valence-corrected chi connectivity index (χ3v) is 3.58. The Morgan fingerprint density at radius 2 is 1.68 bits per heavy atom. The van der Waals surface area contributed by atoms with Gasteiger partial charge in [-0.1, -0.05) is 6.07 Å². The van der Waals surface area contributed by atoms with Gasteiger partial charge in [-0.25, -0.2) is 8.78 Å². The van der Waals surface area contributed by atoms with Crippen molar-refractivity contribution in [2.24, 2.45) is 11.7 Å².